The first-order valence-corrected chi connectivity index (χ1v) is 11.9. The van der Waals surface area contributed by atoms with E-state index in [-0.39, 0.29) is 5.69 Å². The van der Waals surface area contributed by atoms with Crippen molar-refractivity contribution in [2.45, 2.75) is 6.16 Å². The molecule has 4 rings (SSSR count). The standard InChI is InChI=1S/C25H20ClNO2P/c26-25-18-21(27(28)29)17-16-20(25)19-30(22-10-4-1-5-11-22,23-12-6-2-7-13-23)24-14-8-3-9-15-24/h1-18H,19H2/q+1. The first kappa shape index (κ1) is 20.3. The number of hydrogen-bond donors (Lipinski definition) is 0. The highest BCUT2D eigenvalue weighted by atomic mass is 35.5. The second-order valence-electron chi connectivity index (χ2n) is 7.01. The summed E-state index contributed by atoms with van der Waals surface area (Å²) < 4.78 is 0. The van der Waals surface area contributed by atoms with Crippen LogP contribution in [0.2, 0.25) is 5.02 Å². The second kappa shape index (κ2) is 8.79. The zero-order chi connectivity index (χ0) is 21.0. The van der Waals surface area contributed by atoms with Crippen molar-refractivity contribution in [1.82, 2.24) is 0 Å². The number of nitrogens with zero attached hydrogens (tertiary/aromatic N) is 1. The van der Waals surface area contributed by atoms with Gasteiger partial charge in [0, 0.05) is 17.7 Å². The molecule has 0 radical (unpaired) electrons. The Labute approximate surface area is 181 Å². The molecule has 148 valence electrons. The lowest BCUT2D eigenvalue weighted by atomic mass is 10.2. The molecular weight excluding hydrogens is 413 g/mol. The molecule has 3 nitrogen and oxygen atoms in total. The molecule has 0 spiro atoms. The molecule has 0 atom stereocenters. The molecule has 0 aliphatic rings. The van der Waals surface area contributed by atoms with Crippen molar-refractivity contribution in [3.63, 3.8) is 0 Å². The fourth-order valence-corrected chi connectivity index (χ4v) is 8.41. The van der Waals surface area contributed by atoms with Crippen molar-refractivity contribution in [3.05, 3.63) is 130 Å². The van der Waals surface area contributed by atoms with Gasteiger partial charge in [0.15, 0.2) is 0 Å². The predicted molar refractivity (Wildman–Crippen MR) is 127 cm³/mol. The SMILES string of the molecule is O=[N+]([O-])c1ccc(C[P+](c2ccccc2)(c2ccccc2)c2ccccc2)c(Cl)c1. The maximum Gasteiger partial charge on any atom is 0.270 e. The Balaban J connectivity index is 1.97. The maximum atomic E-state index is 11.2. The third-order valence-corrected chi connectivity index (χ3v) is 9.95. The summed E-state index contributed by atoms with van der Waals surface area (Å²) in [6.07, 6.45) is 0.682. The van der Waals surface area contributed by atoms with Crippen LogP contribution in [0.15, 0.2) is 109 Å². The molecule has 0 bridgehead atoms. The van der Waals surface area contributed by atoms with E-state index in [0.717, 1.165) is 5.56 Å². The maximum absolute atomic E-state index is 11.2. The average Bonchev–Trinajstić information content (AvgIpc) is 2.80. The molecule has 0 saturated carbocycles. The van der Waals surface area contributed by atoms with Crippen LogP contribution in [-0.2, 0) is 6.16 Å². The summed E-state index contributed by atoms with van der Waals surface area (Å²) >= 11 is 6.56. The van der Waals surface area contributed by atoms with Crippen LogP contribution < -0.4 is 15.9 Å². The van der Waals surface area contributed by atoms with Crippen molar-refractivity contribution >= 4 is 40.5 Å². The third kappa shape index (κ3) is 3.87. The fraction of sp³-hybridized carbons (Fsp3) is 0.0400. The van der Waals surface area contributed by atoms with Crippen molar-refractivity contribution in [2.75, 3.05) is 0 Å². The molecule has 0 heterocycles. The number of rotatable bonds is 6. The molecule has 0 N–H and O–H groups in total. The molecule has 0 fully saturated rings. The lowest BCUT2D eigenvalue weighted by Gasteiger charge is -2.28. The largest absolute Gasteiger partial charge is 0.270 e. The monoisotopic (exact) mass is 432 g/mol. The van der Waals surface area contributed by atoms with Gasteiger partial charge in [0.2, 0.25) is 0 Å². The Morgan fingerprint density at radius 2 is 1.13 bits per heavy atom. The van der Waals surface area contributed by atoms with Crippen LogP contribution in [0.5, 0.6) is 0 Å². The smallest absolute Gasteiger partial charge is 0.258 e. The number of benzene rings is 4. The minimum atomic E-state index is -2.10. The van der Waals surface area contributed by atoms with Gasteiger partial charge in [-0.2, -0.15) is 0 Å². The highest BCUT2D eigenvalue weighted by Gasteiger charge is 2.45. The lowest BCUT2D eigenvalue weighted by Crippen LogP contribution is -2.32. The molecule has 0 aliphatic heterocycles. The molecule has 30 heavy (non-hydrogen) atoms. The molecule has 0 saturated heterocycles. The molecule has 0 aliphatic carbocycles. The quantitative estimate of drug-likeness (QED) is 0.221. The minimum Gasteiger partial charge on any atom is -0.258 e. The molecule has 0 amide bonds. The van der Waals surface area contributed by atoms with Crippen LogP contribution in [0.4, 0.5) is 5.69 Å². The second-order valence-corrected chi connectivity index (χ2v) is 10.9. The van der Waals surface area contributed by atoms with E-state index < -0.39 is 12.2 Å². The summed E-state index contributed by atoms with van der Waals surface area (Å²) in [7, 11) is -2.10. The van der Waals surface area contributed by atoms with Crippen molar-refractivity contribution in [3.8, 4) is 0 Å². The zero-order valence-electron chi connectivity index (χ0n) is 16.2. The number of non-ortho nitro benzene ring substituents is 1. The number of halogens is 1. The number of nitro benzene ring substituents is 1. The van der Waals surface area contributed by atoms with E-state index in [1.807, 2.05) is 18.2 Å². The Morgan fingerprint density at radius 3 is 1.50 bits per heavy atom. The van der Waals surface area contributed by atoms with Crippen LogP contribution in [0, 0.1) is 10.1 Å². The van der Waals surface area contributed by atoms with Gasteiger partial charge in [-0.15, -0.1) is 0 Å². The molecule has 5 heteroatoms. The minimum absolute atomic E-state index is 0.00631. The van der Waals surface area contributed by atoms with Gasteiger partial charge in [-0.1, -0.05) is 66.2 Å². The van der Waals surface area contributed by atoms with E-state index in [2.05, 4.69) is 72.8 Å². The van der Waals surface area contributed by atoms with Crippen LogP contribution in [0.25, 0.3) is 0 Å². The summed E-state index contributed by atoms with van der Waals surface area (Å²) in [5.74, 6) is 0. The van der Waals surface area contributed by atoms with Crippen LogP contribution in [-0.4, -0.2) is 4.92 Å². The highest BCUT2D eigenvalue weighted by molar-refractivity contribution is 7.95. The van der Waals surface area contributed by atoms with E-state index in [9.17, 15) is 10.1 Å². The highest BCUT2D eigenvalue weighted by Crippen LogP contribution is 2.58. The Morgan fingerprint density at radius 1 is 0.700 bits per heavy atom. The van der Waals surface area contributed by atoms with Crippen LogP contribution in [0.1, 0.15) is 5.56 Å². The Kier molecular flexibility index (Phi) is 5.94. The zero-order valence-corrected chi connectivity index (χ0v) is 17.8. The normalized spacial score (nSPS) is 11.2. The Hall–Kier alpha value is -3.00. The summed E-state index contributed by atoms with van der Waals surface area (Å²) in [4.78, 5) is 10.8. The van der Waals surface area contributed by atoms with E-state index in [1.165, 1.54) is 28.0 Å². The Bertz CT molecular complexity index is 1050. The van der Waals surface area contributed by atoms with Gasteiger partial charge in [-0.3, -0.25) is 10.1 Å². The van der Waals surface area contributed by atoms with Crippen LogP contribution in [0.3, 0.4) is 0 Å². The predicted octanol–water partition coefficient (Wildman–Crippen LogP) is 5.74. The number of hydrogen-bond acceptors (Lipinski definition) is 2. The van der Waals surface area contributed by atoms with Crippen molar-refractivity contribution < 1.29 is 4.92 Å². The van der Waals surface area contributed by atoms with E-state index in [4.69, 9.17) is 11.6 Å². The van der Waals surface area contributed by atoms with E-state index in [1.54, 1.807) is 6.07 Å². The lowest BCUT2D eigenvalue weighted by molar-refractivity contribution is -0.384. The van der Waals surface area contributed by atoms with E-state index in [0.29, 0.717) is 11.2 Å². The average molecular weight is 433 g/mol. The first-order valence-electron chi connectivity index (χ1n) is 9.59. The molecule has 4 aromatic rings. The van der Waals surface area contributed by atoms with Crippen molar-refractivity contribution in [2.24, 2.45) is 0 Å². The molecule has 4 aromatic carbocycles. The van der Waals surface area contributed by atoms with Gasteiger partial charge in [0.25, 0.3) is 5.69 Å². The fourth-order valence-electron chi connectivity index (χ4n) is 3.80. The van der Waals surface area contributed by atoms with Gasteiger partial charge in [-0.05, 0) is 42.5 Å². The summed E-state index contributed by atoms with van der Waals surface area (Å²) in [6.45, 7) is 0. The van der Waals surface area contributed by atoms with Gasteiger partial charge in [-0.25, -0.2) is 0 Å². The van der Waals surface area contributed by atoms with Gasteiger partial charge >= 0.3 is 0 Å². The number of nitro groups is 1. The van der Waals surface area contributed by atoms with Crippen LogP contribution >= 0.6 is 18.9 Å². The molecule has 0 unspecified atom stereocenters. The molecular formula is C25H20ClNO2P+. The van der Waals surface area contributed by atoms with Gasteiger partial charge in [0.05, 0.1) is 16.1 Å². The van der Waals surface area contributed by atoms with Gasteiger partial charge < -0.3 is 0 Å². The topological polar surface area (TPSA) is 43.1 Å². The van der Waals surface area contributed by atoms with Gasteiger partial charge in [0.1, 0.15) is 23.2 Å². The van der Waals surface area contributed by atoms with E-state index >= 15 is 0 Å². The summed E-state index contributed by atoms with van der Waals surface area (Å²) in [5, 5.41) is 15.3. The third-order valence-electron chi connectivity index (χ3n) is 5.25. The van der Waals surface area contributed by atoms with Crippen molar-refractivity contribution in [1.29, 1.82) is 0 Å². The molecule has 0 aromatic heterocycles. The summed E-state index contributed by atoms with van der Waals surface area (Å²) in [6, 6.07) is 36.3. The summed E-state index contributed by atoms with van der Waals surface area (Å²) in [5.41, 5.74) is 0.916. The first-order chi connectivity index (χ1) is 14.6.